The number of aliphatic imine (C=N–C) groups is 1. The molecule has 1 aliphatic rings. The minimum Gasteiger partial charge on any atom is -0.506 e. The normalized spacial score (nSPS) is 15.9. The highest BCUT2D eigenvalue weighted by molar-refractivity contribution is 6.30. The Morgan fingerprint density at radius 1 is 1.19 bits per heavy atom. The average Bonchev–Trinajstić information content (AvgIpc) is 2.54. The Morgan fingerprint density at radius 2 is 1.92 bits per heavy atom. The van der Waals surface area contributed by atoms with E-state index >= 15 is 0 Å². The van der Waals surface area contributed by atoms with E-state index in [1.54, 1.807) is 12.1 Å². The molecule has 0 fully saturated rings. The number of allylic oxidation sites excluding steroid dienone is 1. The van der Waals surface area contributed by atoms with Crippen LogP contribution in [0.4, 0.5) is 11.4 Å². The van der Waals surface area contributed by atoms with Gasteiger partial charge in [0.05, 0.1) is 5.54 Å². The number of anilines is 1. The topological polar surface area (TPSA) is 35.8 Å². The lowest BCUT2D eigenvalue weighted by Gasteiger charge is -2.43. The zero-order chi connectivity index (χ0) is 19.1. The van der Waals surface area contributed by atoms with E-state index in [2.05, 4.69) is 62.7 Å². The fourth-order valence-electron chi connectivity index (χ4n) is 3.71. The van der Waals surface area contributed by atoms with Crippen molar-refractivity contribution in [3.63, 3.8) is 0 Å². The van der Waals surface area contributed by atoms with Crippen molar-refractivity contribution in [1.29, 1.82) is 0 Å². The molecule has 0 saturated heterocycles. The maximum Gasteiger partial charge on any atom is 0.142 e. The Hall–Kier alpha value is -2.26. The van der Waals surface area contributed by atoms with E-state index in [1.165, 1.54) is 22.9 Å². The number of benzene rings is 2. The van der Waals surface area contributed by atoms with Gasteiger partial charge in [-0.1, -0.05) is 17.7 Å². The second-order valence-corrected chi connectivity index (χ2v) is 7.78. The van der Waals surface area contributed by atoms with E-state index in [0.717, 1.165) is 17.7 Å². The fraction of sp³-hybridized carbons (Fsp3) is 0.318. The summed E-state index contributed by atoms with van der Waals surface area (Å²) < 4.78 is 0. The molecule has 0 atom stereocenters. The lowest BCUT2D eigenvalue weighted by molar-refractivity contribution is 0.477. The number of rotatable bonds is 3. The van der Waals surface area contributed by atoms with Crippen molar-refractivity contribution in [1.82, 2.24) is 0 Å². The maximum atomic E-state index is 9.98. The van der Waals surface area contributed by atoms with Crippen molar-refractivity contribution in [2.75, 3.05) is 11.4 Å². The van der Waals surface area contributed by atoms with Crippen LogP contribution in [0.25, 0.3) is 5.57 Å². The van der Waals surface area contributed by atoms with E-state index in [-0.39, 0.29) is 11.3 Å². The molecule has 2 aromatic rings. The summed E-state index contributed by atoms with van der Waals surface area (Å²) in [7, 11) is 0. The SMILES string of the molecule is CCN1c2cc(C)c(C=Nc3ccc(Cl)cc3O)cc2C(C)=CC1(C)C. The molecule has 0 radical (unpaired) electrons. The summed E-state index contributed by atoms with van der Waals surface area (Å²) in [6.07, 6.45) is 4.13. The molecule has 0 saturated carbocycles. The quantitative estimate of drug-likeness (QED) is 0.662. The zero-order valence-electron chi connectivity index (χ0n) is 16.0. The van der Waals surface area contributed by atoms with E-state index in [9.17, 15) is 5.11 Å². The third kappa shape index (κ3) is 3.36. The van der Waals surface area contributed by atoms with Crippen LogP contribution in [0.3, 0.4) is 0 Å². The van der Waals surface area contributed by atoms with Crippen molar-refractivity contribution in [2.45, 2.75) is 40.2 Å². The predicted molar refractivity (Wildman–Crippen MR) is 112 cm³/mol. The number of phenols is 1. The summed E-state index contributed by atoms with van der Waals surface area (Å²) in [5.74, 6) is 0.0827. The first-order valence-electron chi connectivity index (χ1n) is 8.87. The second kappa shape index (κ2) is 6.81. The second-order valence-electron chi connectivity index (χ2n) is 7.34. The lowest BCUT2D eigenvalue weighted by atomic mass is 9.87. The van der Waals surface area contributed by atoms with Crippen molar-refractivity contribution >= 4 is 34.8 Å². The van der Waals surface area contributed by atoms with Crippen LogP contribution in [0.15, 0.2) is 41.4 Å². The monoisotopic (exact) mass is 368 g/mol. The molecule has 26 heavy (non-hydrogen) atoms. The number of aromatic hydroxyl groups is 1. The molecule has 136 valence electrons. The van der Waals surface area contributed by atoms with Gasteiger partial charge in [0, 0.05) is 35.1 Å². The van der Waals surface area contributed by atoms with Gasteiger partial charge in [-0.15, -0.1) is 0 Å². The van der Waals surface area contributed by atoms with Crippen LogP contribution in [0.1, 0.15) is 44.4 Å². The molecule has 2 aromatic carbocycles. The summed E-state index contributed by atoms with van der Waals surface area (Å²) >= 11 is 5.88. The Balaban J connectivity index is 2.04. The number of halogens is 1. The molecule has 0 spiro atoms. The molecule has 1 aliphatic heterocycles. The molecule has 1 N–H and O–H groups in total. The highest BCUT2D eigenvalue weighted by atomic mass is 35.5. The molecular formula is C22H25ClN2O. The number of phenolic OH excluding ortho intramolecular Hbond substituents is 1. The van der Waals surface area contributed by atoms with Crippen LogP contribution in [0.5, 0.6) is 5.75 Å². The first-order valence-corrected chi connectivity index (χ1v) is 9.25. The molecule has 0 amide bonds. The Labute approximate surface area is 160 Å². The number of hydrogen-bond acceptors (Lipinski definition) is 3. The zero-order valence-corrected chi connectivity index (χ0v) is 16.7. The standard InChI is InChI=1S/C22H25ClN2O/c1-6-25-20-9-14(2)16(10-18(20)15(3)12-22(25,4)5)13-24-19-8-7-17(23)11-21(19)26/h7-13,26H,6H2,1-5H3. The van der Waals surface area contributed by atoms with Gasteiger partial charge < -0.3 is 10.0 Å². The number of hydrogen-bond donors (Lipinski definition) is 1. The van der Waals surface area contributed by atoms with Gasteiger partial charge in [-0.25, -0.2) is 0 Å². The predicted octanol–water partition coefficient (Wildman–Crippen LogP) is 6.13. The van der Waals surface area contributed by atoms with Gasteiger partial charge in [0.1, 0.15) is 11.4 Å². The smallest absolute Gasteiger partial charge is 0.142 e. The Kier molecular flexibility index (Phi) is 4.85. The summed E-state index contributed by atoms with van der Waals surface area (Å²) in [6.45, 7) is 11.9. The van der Waals surface area contributed by atoms with E-state index in [1.807, 2.05) is 6.21 Å². The summed E-state index contributed by atoms with van der Waals surface area (Å²) in [5, 5.41) is 10.5. The molecule has 0 aromatic heterocycles. The third-order valence-corrected chi connectivity index (χ3v) is 5.20. The van der Waals surface area contributed by atoms with Crippen LogP contribution in [0.2, 0.25) is 5.02 Å². The van der Waals surface area contributed by atoms with Crippen LogP contribution in [-0.4, -0.2) is 23.4 Å². The highest BCUT2D eigenvalue weighted by Crippen LogP contribution is 2.40. The summed E-state index contributed by atoms with van der Waals surface area (Å²) in [4.78, 5) is 6.88. The van der Waals surface area contributed by atoms with Crippen LogP contribution in [-0.2, 0) is 0 Å². The third-order valence-electron chi connectivity index (χ3n) is 4.96. The van der Waals surface area contributed by atoms with Gasteiger partial charge >= 0.3 is 0 Å². The van der Waals surface area contributed by atoms with Crippen molar-refractivity contribution in [3.8, 4) is 5.75 Å². The van der Waals surface area contributed by atoms with Gasteiger partial charge in [0.15, 0.2) is 0 Å². The van der Waals surface area contributed by atoms with Gasteiger partial charge in [0.25, 0.3) is 0 Å². The van der Waals surface area contributed by atoms with Crippen LogP contribution < -0.4 is 4.90 Å². The van der Waals surface area contributed by atoms with Gasteiger partial charge in [0.2, 0.25) is 0 Å². The van der Waals surface area contributed by atoms with Crippen molar-refractivity contribution in [2.24, 2.45) is 4.99 Å². The van der Waals surface area contributed by atoms with Crippen LogP contribution in [0, 0.1) is 6.92 Å². The fourth-order valence-corrected chi connectivity index (χ4v) is 3.87. The molecule has 0 aliphatic carbocycles. The lowest BCUT2D eigenvalue weighted by Crippen LogP contribution is -2.45. The first kappa shape index (κ1) is 18.5. The summed E-state index contributed by atoms with van der Waals surface area (Å²) in [6, 6.07) is 9.36. The van der Waals surface area contributed by atoms with Gasteiger partial charge in [-0.3, -0.25) is 4.99 Å². The average molecular weight is 369 g/mol. The molecule has 0 bridgehead atoms. The van der Waals surface area contributed by atoms with Crippen LogP contribution >= 0.6 is 11.6 Å². The largest absolute Gasteiger partial charge is 0.506 e. The number of fused-ring (bicyclic) bond motifs is 1. The molecule has 1 heterocycles. The minimum atomic E-state index is 0.00295. The molecule has 3 rings (SSSR count). The number of aryl methyl sites for hydroxylation is 1. The van der Waals surface area contributed by atoms with E-state index in [0.29, 0.717) is 10.7 Å². The molecular weight excluding hydrogens is 344 g/mol. The Morgan fingerprint density at radius 3 is 2.58 bits per heavy atom. The minimum absolute atomic E-state index is 0.00295. The molecule has 3 nitrogen and oxygen atoms in total. The number of likely N-dealkylation sites (N-methyl/N-ethyl adjacent to an activating group) is 1. The maximum absolute atomic E-state index is 9.98. The first-order chi connectivity index (χ1) is 12.2. The van der Waals surface area contributed by atoms with Crippen molar-refractivity contribution in [3.05, 3.63) is 58.1 Å². The van der Waals surface area contributed by atoms with E-state index < -0.39 is 0 Å². The Bertz CT molecular complexity index is 913. The molecule has 4 heteroatoms. The highest BCUT2D eigenvalue weighted by Gasteiger charge is 2.30. The number of nitrogens with zero attached hydrogens (tertiary/aromatic N) is 2. The van der Waals surface area contributed by atoms with Crippen molar-refractivity contribution < 1.29 is 5.11 Å². The van der Waals surface area contributed by atoms with Gasteiger partial charge in [-0.05, 0) is 75.6 Å². The summed E-state index contributed by atoms with van der Waals surface area (Å²) in [5.41, 5.74) is 6.49. The van der Waals surface area contributed by atoms with E-state index in [4.69, 9.17) is 11.6 Å². The van der Waals surface area contributed by atoms with Gasteiger partial charge in [-0.2, -0.15) is 0 Å². The molecule has 0 unspecified atom stereocenters.